The summed E-state index contributed by atoms with van der Waals surface area (Å²) < 4.78 is 18.0. The quantitative estimate of drug-likeness (QED) is 0.0560. The molecule has 1 heterocycles. The maximum Gasteiger partial charge on any atom is 0.312 e. The Hall–Kier alpha value is -3.29. The maximum absolute atomic E-state index is 14.1. The van der Waals surface area contributed by atoms with Crippen molar-refractivity contribution in [3.8, 4) is 0 Å². The van der Waals surface area contributed by atoms with Gasteiger partial charge >= 0.3 is 5.97 Å². The minimum atomic E-state index is -0.781. The summed E-state index contributed by atoms with van der Waals surface area (Å²) in [7, 11) is 0. The zero-order chi connectivity index (χ0) is 38.7. The first-order chi connectivity index (χ1) is 26.2. The van der Waals surface area contributed by atoms with Crippen LogP contribution in [0.15, 0.2) is 79.4 Å². The van der Waals surface area contributed by atoms with E-state index in [-0.39, 0.29) is 18.3 Å². The zero-order valence-corrected chi connectivity index (χ0v) is 34.1. The van der Waals surface area contributed by atoms with Gasteiger partial charge in [-0.15, -0.1) is 6.58 Å². The lowest BCUT2D eigenvalue weighted by molar-refractivity contribution is -0.163. The fraction of sp³-hybridized carbons (Fsp3) is 0.562. The number of ether oxygens (including phenoxy) is 3. The first kappa shape index (κ1) is 43.4. The van der Waals surface area contributed by atoms with Crippen molar-refractivity contribution in [1.82, 2.24) is 4.90 Å². The highest BCUT2D eigenvalue weighted by molar-refractivity contribution is 5.73. The molecule has 0 aromatic heterocycles. The number of allylic oxidation sites excluding steroid dienone is 1. The zero-order valence-electron chi connectivity index (χ0n) is 34.1. The number of esters is 1. The van der Waals surface area contributed by atoms with E-state index in [1.807, 2.05) is 30.3 Å². The average Bonchev–Trinajstić information content (AvgIpc) is 3.17. The molecule has 0 saturated carbocycles. The predicted molar refractivity (Wildman–Crippen MR) is 221 cm³/mol. The van der Waals surface area contributed by atoms with E-state index in [1.165, 1.54) is 65.5 Å². The first-order valence-corrected chi connectivity index (χ1v) is 20.8. The van der Waals surface area contributed by atoms with E-state index in [2.05, 4.69) is 82.5 Å². The largest absolute Gasteiger partial charge is 0.456 e. The molecule has 5 atom stereocenters. The van der Waals surface area contributed by atoms with Crippen LogP contribution in [0.1, 0.15) is 135 Å². The topological polar surface area (TPSA) is 68.2 Å². The lowest BCUT2D eigenvalue weighted by Gasteiger charge is -2.36. The molecule has 1 aliphatic rings. The summed E-state index contributed by atoms with van der Waals surface area (Å²) in [5.74, 6) is -1.02. The Morgan fingerprint density at radius 2 is 1.52 bits per heavy atom. The summed E-state index contributed by atoms with van der Waals surface area (Å²) in [5.41, 5.74) is 8.52. The number of benzene rings is 3. The van der Waals surface area contributed by atoms with Gasteiger partial charge in [-0.1, -0.05) is 123 Å². The van der Waals surface area contributed by atoms with Crippen molar-refractivity contribution in [3.63, 3.8) is 0 Å². The lowest BCUT2D eigenvalue weighted by atomic mass is 9.93. The van der Waals surface area contributed by atoms with Gasteiger partial charge in [0.25, 0.3) is 0 Å². The number of nitrogens with zero attached hydrogens (tertiary/aromatic N) is 1. The minimum absolute atomic E-state index is 0.0127. The molecule has 3 aromatic carbocycles. The van der Waals surface area contributed by atoms with Crippen LogP contribution >= 0.6 is 0 Å². The summed E-state index contributed by atoms with van der Waals surface area (Å²) in [5, 5.41) is 11.4. The fourth-order valence-electron chi connectivity index (χ4n) is 7.87. The normalized spacial score (nSPS) is 16.8. The molecular formula is C48H69NO5. The van der Waals surface area contributed by atoms with Gasteiger partial charge < -0.3 is 19.3 Å². The van der Waals surface area contributed by atoms with Crippen molar-refractivity contribution in [2.75, 3.05) is 13.2 Å². The molecule has 1 unspecified atom stereocenters. The predicted octanol–water partition coefficient (Wildman–Crippen LogP) is 11.2. The van der Waals surface area contributed by atoms with Gasteiger partial charge in [0.15, 0.2) is 6.29 Å². The number of aliphatic hydroxyl groups is 1. The highest BCUT2D eigenvalue weighted by Gasteiger charge is 2.34. The molecule has 3 aromatic rings. The Morgan fingerprint density at radius 1 is 0.870 bits per heavy atom. The van der Waals surface area contributed by atoms with Crippen molar-refractivity contribution in [2.24, 2.45) is 5.92 Å². The monoisotopic (exact) mass is 740 g/mol. The first-order valence-electron chi connectivity index (χ1n) is 20.8. The Bertz CT molecular complexity index is 1510. The summed E-state index contributed by atoms with van der Waals surface area (Å²) in [4.78, 5) is 16.6. The van der Waals surface area contributed by atoms with Gasteiger partial charge in [-0.2, -0.15) is 0 Å². The summed E-state index contributed by atoms with van der Waals surface area (Å²) in [6.45, 7) is 17.8. The Morgan fingerprint density at radius 3 is 2.17 bits per heavy atom. The molecule has 0 bridgehead atoms. The van der Waals surface area contributed by atoms with Crippen molar-refractivity contribution in [3.05, 3.63) is 118 Å². The van der Waals surface area contributed by atoms with Crippen LogP contribution in [0.5, 0.6) is 0 Å². The minimum Gasteiger partial charge on any atom is -0.456 e. The molecule has 1 aliphatic heterocycles. The molecule has 6 nitrogen and oxygen atoms in total. The standard InChI is InChI=1S/C48H69NO5/c1-7-23-43(45(50)28-17-12-10-8-9-11-13-21-30-52-46-29-20-22-31-53-46)48(51)54-47(41-25-15-14-16-26-41)40(6)49(34-42-27-19-18-24-37(42)3)35-44-38(4)32-36(2)33-39(44)5/h7,14-16,18-19,24-27,32-33,40,43,45-47,50H,1,8-13,17,20-23,28-31,34-35H2,2-6H3/t40-,43+,45+,46?,47-/m0/s1. The molecule has 1 saturated heterocycles. The molecule has 0 spiro atoms. The Balaban J connectivity index is 1.35. The number of rotatable bonds is 24. The molecule has 1 fully saturated rings. The number of unbranched alkanes of at least 4 members (excludes halogenated alkanes) is 7. The fourth-order valence-corrected chi connectivity index (χ4v) is 7.87. The van der Waals surface area contributed by atoms with Crippen LogP contribution in [0.3, 0.4) is 0 Å². The van der Waals surface area contributed by atoms with Gasteiger partial charge in [-0.25, -0.2) is 0 Å². The van der Waals surface area contributed by atoms with Gasteiger partial charge in [0.1, 0.15) is 6.10 Å². The maximum atomic E-state index is 14.1. The van der Waals surface area contributed by atoms with Crippen molar-refractivity contribution < 1.29 is 24.1 Å². The van der Waals surface area contributed by atoms with Crippen LogP contribution in [0, 0.1) is 33.6 Å². The van der Waals surface area contributed by atoms with Gasteiger partial charge in [0.2, 0.25) is 0 Å². The van der Waals surface area contributed by atoms with Crippen molar-refractivity contribution in [1.29, 1.82) is 0 Å². The van der Waals surface area contributed by atoms with E-state index in [1.54, 1.807) is 6.08 Å². The highest BCUT2D eigenvalue weighted by Crippen LogP contribution is 2.32. The summed E-state index contributed by atoms with van der Waals surface area (Å²) in [6.07, 6.45) is 13.8. The molecule has 54 heavy (non-hydrogen) atoms. The smallest absolute Gasteiger partial charge is 0.312 e. The molecule has 0 amide bonds. The molecule has 0 aliphatic carbocycles. The number of carbonyl (C=O) groups is 1. The molecule has 296 valence electrons. The van der Waals surface area contributed by atoms with E-state index in [9.17, 15) is 9.90 Å². The Labute approximate surface area is 327 Å². The van der Waals surface area contributed by atoms with Crippen LogP contribution in [-0.4, -0.2) is 47.6 Å². The summed E-state index contributed by atoms with van der Waals surface area (Å²) in [6, 6.07) is 22.9. The second-order valence-electron chi connectivity index (χ2n) is 15.7. The second kappa shape index (κ2) is 23.6. The van der Waals surface area contributed by atoms with E-state index >= 15 is 0 Å². The third-order valence-corrected chi connectivity index (χ3v) is 11.2. The van der Waals surface area contributed by atoms with Crippen LogP contribution < -0.4 is 0 Å². The van der Waals surface area contributed by atoms with Crippen LogP contribution in [0.4, 0.5) is 0 Å². The number of aliphatic hydroxyl groups excluding tert-OH is 1. The van der Waals surface area contributed by atoms with Gasteiger partial charge in [0.05, 0.1) is 12.0 Å². The SMILES string of the molecule is C=CC[C@@H](C(=O)O[C@H](c1ccccc1)[C@H](C)N(Cc1ccccc1C)Cc1c(C)cc(C)cc1C)[C@H](O)CCCCCCCCCCOC1CCCCO1. The van der Waals surface area contributed by atoms with Crippen LogP contribution in [0.2, 0.25) is 0 Å². The van der Waals surface area contributed by atoms with E-state index < -0.39 is 18.1 Å². The summed E-state index contributed by atoms with van der Waals surface area (Å²) >= 11 is 0. The Kier molecular flexibility index (Phi) is 19.0. The van der Waals surface area contributed by atoms with E-state index in [0.29, 0.717) is 19.4 Å². The van der Waals surface area contributed by atoms with E-state index in [0.717, 1.165) is 63.8 Å². The van der Waals surface area contributed by atoms with Gasteiger partial charge in [-0.3, -0.25) is 9.69 Å². The van der Waals surface area contributed by atoms with Gasteiger partial charge in [0, 0.05) is 32.3 Å². The molecule has 0 radical (unpaired) electrons. The van der Waals surface area contributed by atoms with Crippen molar-refractivity contribution >= 4 is 5.97 Å². The number of hydrogen-bond donors (Lipinski definition) is 1. The van der Waals surface area contributed by atoms with E-state index in [4.69, 9.17) is 14.2 Å². The molecule has 6 heteroatoms. The average molecular weight is 740 g/mol. The van der Waals surface area contributed by atoms with Crippen LogP contribution in [-0.2, 0) is 32.1 Å². The van der Waals surface area contributed by atoms with Crippen LogP contribution in [0.25, 0.3) is 0 Å². The molecule has 1 N–H and O–H groups in total. The number of hydrogen-bond acceptors (Lipinski definition) is 6. The third-order valence-electron chi connectivity index (χ3n) is 11.2. The third kappa shape index (κ3) is 14.1. The van der Waals surface area contributed by atoms with Gasteiger partial charge in [-0.05, 0) is 107 Å². The number of aryl methyl sites for hydroxylation is 4. The molecular weight excluding hydrogens is 671 g/mol. The second-order valence-corrected chi connectivity index (χ2v) is 15.7. The van der Waals surface area contributed by atoms with Crippen molar-refractivity contribution in [2.45, 2.75) is 156 Å². The molecule has 4 rings (SSSR count). The number of carbonyl (C=O) groups excluding carboxylic acids is 1. The highest BCUT2D eigenvalue weighted by atomic mass is 16.7. The lowest BCUT2D eigenvalue weighted by Crippen LogP contribution is -2.40.